The third-order valence-electron chi connectivity index (χ3n) is 3.18. The number of rotatable bonds is 4. The predicted molar refractivity (Wildman–Crippen MR) is 76.6 cm³/mol. The fraction of sp³-hybridized carbons (Fsp3) is 0.267. The standard InChI is InChI=1S/C15H18FN3/c1-15(2,11-4-3-7-18-9-11)10-19-12-5-6-14(17)13(16)8-12/h3-9,19H,10,17H2,1-2H3. The van der Waals surface area contributed by atoms with Crippen LogP contribution in [-0.2, 0) is 5.41 Å². The Morgan fingerprint density at radius 3 is 2.74 bits per heavy atom. The molecule has 4 heteroatoms. The molecule has 2 aromatic rings. The van der Waals surface area contributed by atoms with Crippen molar-refractivity contribution in [3.8, 4) is 0 Å². The molecule has 2 rings (SSSR count). The summed E-state index contributed by atoms with van der Waals surface area (Å²) < 4.78 is 13.3. The molecule has 0 radical (unpaired) electrons. The molecule has 3 N–H and O–H groups in total. The fourth-order valence-electron chi connectivity index (χ4n) is 1.83. The van der Waals surface area contributed by atoms with Gasteiger partial charge in [0.2, 0.25) is 0 Å². The minimum Gasteiger partial charge on any atom is -0.396 e. The number of nitrogens with zero attached hydrogens (tertiary/aromatic N) is 1. The molecule has 0 saturated carbocycles. The van der Waals surface area contributed by atoms with E-state index in [0.29, 0.717) is 6.54 Å². The Morgan fingerprint density at radius 1 is 1.32 bits per heavy atom. The van der Waals surface area contributed by atoms with Crippen molar-refractivity contribution >= 4 is 11.4 Å². The first-order valence-electron chi connectivity index (χ1n) is 6.18. The van der Waals surface area contributed by atoms with E-state index in [1.807, 2.05) is 18.3 Å². The Labute approximate surface area is 112 Å². The van der Waals surface area contributed by atoms with E-state index < -0.39 is 5.82 Å². The predicted octanol–water partition coefficient (Wildman–Crippen LogP) is 3.19. The van der Waals surface area contributed by atoms with Crippen LogP contribution in [0.2, 0.25) is 0 Å². The summed E-state index contributed by atoms with van der Waals surface area (Å²) in [6, 6.07) is 8.71. The van der Waals surface area contributed by atoms with Crippen molar-refractivity contribution in [3.05, 3.63) is 54.1 Å². The highest BCUT2D eigenvalue weighted by molar-refractivity contribution is 5.52. The lowest BCUT2D eigenvalue weighted by molar-refractivity contribution is 0.554. The molecule has 19 heavy (non-hydrogen) atoms. The van der Waals surface area contributed by atoms with Gasteiger partial charge >= 0.3 is 0 Å². The second kappa shape index (κ2) is 5.26. The molecule has 1 aromatic heterocycles. The molecule has 3 nitrogen and oxygen atoms in total. The number of hydrogen-bond donors (Lipinski definition) is 2. The number of aromatic nitrogens is 1. The van der Waals surface area contributed by atoms with Gasteiger partial charge in [-0.1, -0.05) is 19.9 Å². The molecule has 0 aliphatic carbocycles. The van der Waals surface area contributed by atoms with Gasteiger partial charge in [-0.05, 0) is 29.8 Å². The first-order valence-corrected chi connectivity index (χ1v) is 6.18. The van der Waals surface area contributed by atoms with Crippen molar-refractivity contribution in [1.29, 1.82) is 0 Å². The van der Waals surface area contributed by atoms with Gasteiger partial charge in [0.15, 0.2) is 0 Å². The van der Waals surface area contributed by atoms with Crippen LogP contribution in [0.15, 0.2) is 42.7 Å². The molecule has 0 aliphatic rings. The van der Waals surface area contributed by atoms with E-state index in [9.17, 15) is 4.39 Å². The lowest BCUT2D eigenvalue weighted by Gasteiger charge is -2.25. The summed E-state index contributed by atoms with van der Waals surface area (Å²) in [5, 5.41) is 3.23. The van der Waals surface area contributed by atoms with E-state index in [0.717, 1.165) is 11.3 Å². The fourth-order valence-corrected chi connectivity index (χ4v) is 1.83. The molecule has 0 saturated heterocycles. The number of benzene rings is 1. The quantitative estimate of drug-likeness (QED) is 0.829. The van der Waals surface area contributed by atoms with Crippen molar-refractivity contribution in [2.45, 2.75) is 19.3 Å². The highest BCUT2D eigenvalue weighted by atomic mass is 19.1. The summed E-state index contributed by atoms with van der Waals surface area (Å²) in [5.74, 6) is -0.399. The summed E-state index contributed by atoms with van der Waals surface area (Å²) in [4.78, 5) is 4.13. The van der Waals surface area contributed by atoms with Crippen LogP contribution in [0.1, 0.15) is 19.4 Å². The average Bonchev–Trinajstić information content (AvgIpc) is 2.41. The van der Waals surface area contributed by atoms with E-state index in [2.05, 4.69) is 24.1 Å². The maximum absolute atomic E-state index is 13.3. The smallest absolute Gasteiger partial charge is 0.148 e. The van der Waals surface area contributed by atoms with Gasteiger partial charge in [0.05, 0.1) is 5.69 Å². The van der Waals surface area contributed by atoms with E-state index in [1.54, 1.807) is 18.3 Å². The molecule has 0 fully saturated rings. The Balaban J connectivity index is 2.07. The summed E-state index contributed by atoms with van der Waals surface area (Å²) in [6.07, 6.45) is 3.60. The summed E-state index contributed by atoms with van der Waals surface area (Å²) >= 11 is 0. The largest absolute Gasteiger partial charge is 0.396 e. The van der Waals surface area contributed by atoms with Gasteiger partial charge in [-0.3, -0.25) is 4.98 Å². The van der Waals surface area contributed by atoms with Crippen LogP contribution >= 0.6 is 0 Å². The van der Waals surface area contributed by atoms with Crippen LogP contribution in [0.3, 0.4) is 0 Å². The molecule has 1 aromatic carbocycles. The molecule has 0 atom stereocenters. The second-order valence-electron chi connectivity index (χ2n) is 5.22. The first-order chi connectivity index (χ1) is 8.99. The van der Waals surface area contributed by atoms with Crippen LogP contribution in [0.4, 0.5) is 15.8 Å². The van der Waals surface area contributed by atoms with E-state index in [-0.39, 0.29) is 11.1 Å². The second-order valence-corrected chi connectivity index (χ2v) is 5.22. The molecule has 0 spiro atoms. The van der Waals surface area contributed by atoms with E-state index >= 15 is 0 Å². The Hall–Kier alpha value is -2.10. The van der Waals surface area contributed by atoms with Gasteiger partial charge < -0.3 is 11.1 Å². The van der Waals surface area contributed by atoms with Crippen molar-refractivity contribution in [3.63, 3.8) is 0 Å². The molecule has 0 aliphatic heterocycles. The Bertz CT molecular complexity index is 553. The topological polar surface area (TPSA) is 50.9 Å². The first kappa shape index (κ1) is 13.3. The molecule has 1 heterocycles. The van der Waals surface area contributed by atoms with Crippen LogP contribution in [0, 0.1) is 5.82 Å². The summed E-state index contributed by atoms with van der Waals surface area (Å²) in [7, 11) is 0. The van der Waals surface area contributed by atoms with Crippen molar-refractivity contribution in [2.24, 2.45) is 0 Å². The van der Waals surface area contributed by atoms with Gasteiger partial charge in [0, 0.05) is 30.0 Å². The van der Waals surface area contributed by atoms with Crippen LogP contribution in [0.25, 0.3) is 0 Å². The number of nitrogens with two attached hydrogens (primary N) is 1. The molecule has 100 valence electrons. The van der Waals surface area contributed by atoms with E-state index in [4.69, 9.17) is 5.73 Å². The molecule has 0 unspecified atom stereocenters. The van der Waals surface area contributed by atoms with Gasteiger partial charge in [0.25, 0.3) is 0 Å². The normalized spacial score (nSPS) is 11.3. The highest BCUT2D eigenvalue weighted by Crippen LogP contribution is 2.23. The summed E-state index contributed by atoms with van der Waals surface area (Å²) in [5.41, 5.74) is 7.39. The SMILES string of the molecule is CC(C)(CNc1ccc(N)c(F)c1)c1cccnc1. The lowest BCUT2D eigenvalue weighted by atomic mass is 9.85. The summed E-state index contributed by atoms with van der Waals surface area (Å²) in [6.45, 7) is 4.91. The Morgan fingerprint density at radius 2 is 2.11 bits per heavy atom. The average molecular weight is 259 g/mol. The highest BCUT2D eigenvalue weighted by Gasteiger charge is 2.20. The maximum atomic E-state index is 13.3. The third-order valence-corrected chi connectivity index (χ3v) is 3.18. The minimum atomic E-state index is -0.399. The van der Waals surface area contributed by atoms with Crippen LogP contribution in [0.5, 0.6) is 0 Å². The third kappa shape index (κ3) is 3.22. The number of pyridine rings is 1. The van der Waals surface area contributed by atoms with E-state index in [1.165, 1.54) is 6.07 Å². The number of halogens is 1. The Kier molecular flexibility index (Phi) is 3.69. The van der Waals surface area contributed by atoms with Gasteiger partial charge in [-0.25, -0.2) is 4.39 Å². The van der Waals surface area contributed by atoms with Crippen molar-refractivity contribution in [2.75, 3.05) is 17.6 Å². The molecular formula is C15H18FN3. The van der Waals surface area contributed by atoms with Crippen LogP contribution in [-0.4, -0.2) is 11.5 Å². The van der Waals surface area contributed by atoms with Crippen molar-refractivity contribution < 1.29 is 4.39 Å². The number of hydrogen-bond acceptors (Lipinski definition) is 3. The number of nitrogen functional groups attached to an aromatic ring is 1. The lowest BCUT2D eigenvalue weighted by Crippen LogP contribution is -2.27. The van der Waals surface area contributed by atoms with Gasteiger partial charge in [-0.15, -0.1) is 0 Å². The molecule has 0 amide bonds. The zero-order chi connectivity index (χ0) is 13.9. The van der Waals surface area contributed by atoms with Crippen molar-refractivity contribution in [1.82, 2.24) is 4.98 Å². The van der Waals surface area contributed by atoms with Gasteiger partial charge in [0.1, 0.15) is 5.82 Å². The molecule has 0 bridgehead atoms. The maximum Gasteiger partial charge on any atom is 0.148 e. The number of anilines is 2. The zero-order valence-corrected chi connectivity index (χ0v) is 11.2. The monoisotopic (exact) mass is 259 g/mol. The number of nitrogens with one attached hydrogen (secondary N) is 1. The van der Waals surface area contributed by atoms with Gasteiger partial charge in [-0.2, -0.15) is 0 Å². The molecular weight excluding hydrogens is 241 g/mol. The minimum absolute atomic E-state index is 0.0911. The zero-order valence-electron chi connectivity index (χ0n) is 11.2. The van der Waals surface area contributed by atoms with Crippen LogP contribution < -0.4 is 11.1 Å².